The predicted octanol–water partition coefficient (Wildman–Crippen LogP) is 2.32. The van der Waals surface area contributed by atoms with Crippen molar-refractivity contribution in [3.8, 4) is 5.75 Å². The summed E-state index contributed by atoms with van der Waals surface area (Å²) in [5, 5.41) is 0. The molecular formula is C19H20FNO6S. The van der Waals surface area contributed by atoms with Crippen LogP contribution in [0.25, 0.3) is 0 Å². The highest BCUT2D eigenvalue weighted by Crippen LogP contribution is 2.15. The maximum atomic E-state index is 13.4. The van der Waals surface area contributed by atoms with Crippen molar-refractivity contribution in [2.45, 2.75) is 24.8 Å². The SMILES string of the molecule is CC(=O)c1ccc(S(=O)(=O)N[C@@H](C)C(=O)OCCOc2ccccc2F)cc1. The standard InChI is InChI=1S/C19H20FNO6S/c1-13(19(23)27-12-11-26-18-6-4-3-5-17(18)20)21-28(24,25)16-9-7-15(8-10-16)14(2)22/h3-10,13,21H,11-12H2,1-2H3/t13-/m0/s1. The molecular weight excluding hydrogens is 389 g/mol. The van der Waals surface area contributed by atoms with E-state index in [0.717, 1.165) is 0 Å². The summed E-state index contributed by atoms with van der Waals surface area (Å²) in [5.74, 6) is -1.50. The molecule has 9 heteroatoms. The Hall–Kier alpha value is -2.78. The molecule has 0 aromatic heterocycles. The van der Waals surface area contributed by atoms with E-state index in [2.05, 4.69) is 4.72 Å². The largest absolute Gasteiger partial charge is 0.487 e. The third-order valence-corrected chi connectivity index (χ3v) is 5.24. The maximum absolute atomic E-state index is 13.4. The number of hydrogen-bond acceptors (Lipinski definition) is 6. The van der Waals surface area contributed by atoms with Crippen LogP contribution < -0.4 is 9.46 Å². The van der Waals surface area contributed by atoms with Crippen molar-refractivity contribution in [2.75, 3.05) is 13.2 Å². The minimum Gasteiger partial charge on any atom is -0.487 e. The number of ether oxygens (including phenoxy) is 2. The van der Waals surface area contributed by atoms with E-state index < -0.39 is 27.9 Å². The lowest BCUT2D eigenvalue weighted by atomic mass is 10.2. The fourth-order valence-corrected chi connectivity index (χ4v) is 3.39. The summed E-state index contributed by atoms with van der Waals surface area (Å²) in [6.07, 6.45) is 0. The highest BCUT2D eigenvalue weighted by atomic mass is 32.2. The number of halogens is 1. The number of hydrogen-bond donors (Lipinski definition) is 1. The zero-order valence-electron chi connectivity index (χ0n) is 15.3. The summed E-state index contributed by atoms with van der Waals surface area (Å²) in [6.45, 7) is 2.45. The molecule has 150 valence electrons. The van der Waals surface area contributed by atoms with Gasteiger partial charge in [0.25, 0.3) is 0 Å². The summed E-state index contributed by atoms with van der Waals surface area (Å²) >= 11 is 0. The Morgan fingerprint density at radius 1 is 1.07 bits per heavy atom. The summed E-state index contributed by atoms with van der Waals surface area (Å²) in [4.78, 5) is 23.1. The van der Waals surface area contributed by atoms with Crippen LogP contribution in [0.3, 0.4) is 0 Å². The average Bonchev–Trinajstić information content (AvgIpc) is 2.66. The molecule has 2 rings (SSSR count). The number of esters is 1. The molecule has 0 bridgehead atoms. The van der Waals surface area contributed by atoms with Gasteiger partial charge in [-0.05, 0) is 38.1 Å². The van der Waals surface area contributed by atoms with E-state index in [4.69, 9.17) is 9.47 Å². The molecule has 1 atom stereocenters. The molecule has 0 saturated carbocycles. The van der Waals surface area contributed by atoms with E-state index >= 15 is 0 Å². The number of rotatable bonds is 9. The van der Waals surface area contributed by atoms with Crippen LogP contribution in [0.2, 0.25) is 0 Å². The van der Waals surface area contributed by atoms with Crippen molar-refractivity contribution < 1.29 is 31.9 Å². The van der Waals surface area contributed by atoms with Crippen molar-refractivity contribution in [2.24, 2.45) is 0 Å². The monoisotopic (exact) mass is 409 g/mol. The Morgan fingerprint density at radius 2 is 1.71 bits per heavy atom. The lowest BCUT2D eigenvalue weighted by Crippen LogP contribution is -2.39. The van der Waals surface area contributed by atoms with Crippen LogP contribution in [0.1, 0.15) is 24.2 Å². The topological polar surface area (TPSA) is 98.8 Å². The maximum Gasteiger partial charge on any atom is 0.324 e. The molecule has 0 fully saturated rings. The first-order valence-corrected chi connectivity index (χ1v) is 9.86. The van der Waals surface area contributed by atoms with Gasteiger partial charge in [-0.25, -0.2) is 12.8 Å². The van der Waals surface area contributed by atoms with E-state index in [0.29, 0.717) is 5.56 Å². The van der Waals surface area contributed by atoms with Gasteiger partial charge in [-0.1, -0.05) is 24.3 Å². The third-order valence-electron chi connectivity index (χ3n) is 3.68. The Kier molecular flexibility index (Phi) is 7.24. The number of sulfonamides is 1. The van der Waals surface area contributed by atoms with Crippen LogP contribution >= 0.6 is 0 Å². The Labute approximate surface area is 162 Å². The van der Waals surface area contributed by atoms with Crippen molar-refractivity contribution in [3.05, 3.63) is 59.9 Å². The van der Waals surface area contributed by atoms with Gasteiger partial charge in [-0.15, -0.1) is 0 Å². The van der Waals surface area contributed by atoms with Crippen molar-refractivity contribution in [1.29, 1.82) is 0 Å². The lowest BCUT2D eigenvalue weighted by molar-refractivity contribution is -0.145. The molecule has 0 radical (unpaired) electrons. The van der Waals surface area contributed by atoms with Gasteiger partial charge in [0.1, 0.15) is 19.3 Å². The molecule has 0 unspecified atom stereocenters. The number of para-hydroxylation sites is 1. The van der Waals surface area contributed by atoms with Crippen LogP contribution in [0.15, 0.2) is 53.4 Å². The highest BCUT2D eigenvalue weighted by Gasteiger charge is 2.23. The van der Waals surface area contributed by atoms with E-state index in [9.17, 15) is 22.4 Å². The number of nitrogens with one attached hydrogen (secondary N) is 1. The van der Waals surface area contributed by atoms with Crippen LogP contribution in [0, 0.1) is 5.82 Å². The molecule has 7 nitrogen and oxygen atoms in total. The molecule has 0 aliphatic carbocycles. The Morgan fingerprint density at radius 3 is 2.32 bits per heavy atom. The van der Waals surface area contributed by atoms with Gasteiger partial charge < -0.3 is 9.47 Å². The van der Waals surface area contributed by atoms with E-state index in [1.807, 2.05) is 0 Å². The molecule has 0 aliphatic rings. The predicted molar refractivity (Wildman–Crippen MR) is 99.1 cm³/mol. The number of carbonyl (C=O) groups is 2. The van der Waals surface area contributed by atoms with Gasteiger partial charge in [0.05, 0.1) is 4.90 Å². The smallest absolute Gasteiger partial charge is 0.324 e. The summed E-state index contributed by atoms with van der Waals surface area (Å²) in [5.41, 5.74) is 0.376. The number of Topliss-reactive ketones (excluding diaryl/α,β-unsaturated/α-hetero) is 1. The first kappa shape index (κ1) is 21.5. The van der Waals surface area contributed by atoms with Crippen molar-refractivity contribution in [1.82, 2.24) is 4.72 Å². The fraction of sp³-hybridized carbons (Fsp3) is 0.263. The van der Waals surface area contributed by atoms with Gasteiger partial charge in [0.2, 0.25) is 10.0 Å². The molecule has 0 saturated heterocycles. The summed E-state index contributed by atoms with van der Waals surface area (Å²) in [6, 6.07) is 9.98. The van der Waals surface area contributed by atoms with E-state index in [1.165, 1.54) is 56.3 Å². The van der Waals surface area contributed by atoms with E-state index in [1.54, 1.807) is 6.07 Å². The zero-order valence-corrected chi connectivity index (χ0v) is 16.2. The van der Waals surface area contributed by atoms with Crippen molar-refractivity contribution >= 4 is 21.8 Å². The van der Waals surface area contributed by atoms with Gasteiger partial charge in [-0.3, -0.25) is 9.59 Å². The average molecular weight is 409 g/mol. The molecule has 0 aliphatic heterocycles. The number of ketones is 1. The van der Waals surface area contributed by atoms with Gasteiger partial charge in [0, 0.05) is 5.56 Å². The zero-order chi connectivity index (χ0) is 20.7. The van der Waals surface area contributed by atoms with Crippen LogP contribution in [0.5, 0.6) is 5.75 Å². The van der Waals surface area contributed by atoms with Crippen LogP contribution in [-0.2, 0) is 19.6 Å². The van der Waals surface area contributed by atoms with Gasteiger partial charge in [0.15, 0.2) is 17.3 Å². The first-order chi connectivity index (χ1) is 13.2. The molecule has 1 N–H and O–H groups in total. The minimum absolute atomic E-state index is 0.0290. The molecule has 2 aromatic rings. The summed E-state index contributed by atoms with van der Waals surface area (Å²) < 4.78 is 50.3. The Bertz CT molecular complexity index is 943. The quantitative estimate of drug-likeness (QED) is 0.388. The summed E-state index contributed by atoms with van der Waals surface area (Å²) in [7, 11) is -3.97. The number of carbonyl (C=O) groups excluding carboxylic acids is 2. The Balaban J connectivity index is 1.85. The van der Waals surface area contributed by atoms with Gasteiger partial charge in [-0.2, -0.15) is 4.72 Å². The molecule has 28 heavy (non-hydrogen) atoms. The number of benzene rings is 2. The van der Waals surface area contributed by atoms with E-state index in [-0.39, 0.29) is 29.6 Å². The molecule has 0 heterocycles. The van der Waals surface area contributed by atoms with Crippen molar-refractivity contribution in [3.63, 3.8) is 0 Å². The molecule has 0 spiro atoms. The fourth-order valence-electron chi connectivity index (χ4n) is 2.20. The first-order valence-electron chi connectivity index (χ1n) is 8.38. The second-order valence-electron chi connectivity index (χ2n) is 5.87. The van der Waals surface area contributed by atoms with Crippen LogP contribution in [0.4, 0.5) is 4.39 Å². The normalized spacial score (nSPS) is 12.2. The minimum atomic E-state index is -3.97. The van der Waals surface area contributed by atoms with Crippen LogP contribution in [-0.4, -0.2) is 39.4 Å². The second kappa shape index (κ2) is 9.43. The molecule has 2 aromatic carbocycles. The third kappa shape index (κ3) is 5.86. The second-order valence-corrected chi connectivity index (χ2v) is 7.58. The highest BCUT2D eigenvalue weighted by molar-refractivity contribution is 7.89. The van der Waals surface area contributed by atoms with Gasteiger partial charge >= 0.3 is 5.97 Å². The molecule has 0 amide bonds. The lowest BCUT2D eigenvalue weighted by Gasteiger charge is -2.14.